The Hall–Kier alpha value is -3.19. The SMILES string of the molecule is COc1ccc(C2=CC3C(=O)N(COCC[Si](C)(C)C)c4cc(CCOS(C)(=O)=O)c(OC)cc4C(=O)N3C2)cc1. The number of ether oxygens (including phenoxy) is 3. The minimum absolute atomic E-state index is 0.0226. The molecule has 222 valence electrons. The molecule has 0 aliphatic carbocycles. The molecule has 0 saturated heterocycles. The fourth-order valence-corrected chi connectivity index (χ4v) is 5.95. The number of hydrogen-bond donors (Lipinski definition) is 0. The minimum atomic E-state index is -3.63. The van der Waals surface area contributed by atoms with Gasteiger partial charge in [0, 0.05) is 27.6 Å². The summed E-state index contributed by atoms with van der Waals surface area (Å²) in [5.74, 6) is 0.536. The van der Waals surface area contributed by atoms with E-state index in [-0.39, 0.29) is 38.1 Å². The number of rotatable bonds is 12. The highest BCUT2D eigenvalue weighted by molar-refractivity contribution is 7.85. The van der Waals surface area contributed by atoms with Crippen LogP contribution in [0.3, 0.4) is 0 Å². The van der Waals surface area contributed by atoms with Crippen LogP contribution in [-0.2, 0) is 30.3 Å². The highest BCUT2D eigenvalue weighted by atomic mass is 32.2. The number of amides is 2. The van der Waals surface area contributed by atoms with Crippen LogP contribution >= 0.6 is 0 Å². The molecule has 2 aromatic carbocycles. The Morgan fingerprint density at radius 3 is 2.32 bits per heavy atom. The first-order valence-corrected chi connectivity index (χ1v) is 18.9. The van der Waals surface area contributed by atoms with E-state index in [9.17, 15) is 18.0 Å². The molecule has 41 heavy (non-hydrogen) atoms. The molecule has 2 aromatic rings. The van der Waals surface area contributed by atoms with E-state index in [1.54, 1.807) is 24.1 Å². The predicted octanol–water partition coefficient (Wildman–Crippen LogP) is 3.79. The summed E-state index contributed by atoms with van der Waals surface area (Å²) < 4.78 is 44.8. The maximum absolute atomic E-state index is 14.1. The topological polar surface area (TPSA) is 112 Å². The average molecular weight is 603 g/mol. The molecule has 2 aliphatic heterocycles. The maximum atomic E-state index is 14.1. The minimum Gasteiger partial charge on any atom is -0.497 e. The van der Waals surface area contributed by atoms with Gasteiger partial charge in [0.1, 0.15) is 24.3 Å². The first kappa shape index (κ1) is 30.8. The molecule has 2 heterocycles. The van der Waals surface area contributed by atoms with Gasteiger partial charge in [-0.1, -0.05) is 31.8 Å². The van der Waals surface area contributed by atoms with Crippen molar-refractivity contribution in [2.45, 2.75) is 38.1 Å². The number of anilines is 1. The molecule has 12 heteroatoms. The summed E-state index contributed by atoms with van der Waals surface area (Å²) in [7, 11) is -1.92. The van der Waals surface area contributed by atoms with Crippen LogP contribution in [0.25, 0.3) is 5.57 Å². The van der Waals surface area contributed by atoms with Crippen molar-refractivity contribution in [2.75, 3.05) is 51.9 Å². The quantitative estimate of drug-likeness (QED) is 0.205. The van der Waals surface area contributed by atoms with Crippen LogP contribution in [0.15, 0.2) is 42.5 Å². The molecule has 2 aliphatic rings. The molecule has 2 amide bonds. The number of hydrogen-bond acceptors (Lipinski definition) is 8. The second-order valence-corrected chi connectivity index (χ2v) is 18.6. The zero-order valence-electron chi connectivity index (χ0n) is 24.4. The van der Waals surface area contributed by atoms with Gasteiger partial charge < -0.3 is 19.1 Å². The third-order valence-electron chi connectivity index (χ3n) is 7.08. The van der Waals surface area contributed by atoms with Gasteiger partial charge in [-0.15, -0.1) is 0 Å². The Morgan fingerprint density at radius 2 is 1.71 bits per heavy atom. The molecule has 0 radical (unpaired) electrons. The van der Waals surface area contributed by atoms with Crippen LogP contribution in [0.2, 0.25) is 25.7 Å². The molecule has 0 saturated carbocycles. The van der Waals surface area contributed by atoms with E-state index in [2.05, 4.69) is 19.6 Å². The van der Waals surface area contributed by atoms with Gasteiger partial charge in [0.25, 0.3) is 21.9 Å². The Kier molecular flexibility index (Phi) is 9.27. The smallest absolute Gasteiger partial charge is 0.264 e. The van der Waals surface area contributed by atoms with Crippen LogP contribution in [0.1, 0.15) is 21.5 Å². The Morgan fingerprint density at radius 1 is 1.00 bits per heavy atom. The van der Waals surface area contributed by atoms with Crippen LogP contribution < -0.4 is 14.4 Å². The van der Waals surface area contributed by atoms with Gasteiger partial charge in [-0.3, -0.25) is 18.7 Å². The van der Waals surface area contributed by atoms with E-state index in [1.807, 2.05) is 30.3 Å². The van der Waals surface area contributed by atoms with E-state index >= 15 is 0 Å². The Bertz CT molecular complexity index is 1430. The van der Waals surface area contributed by atoms with Gasteiger partial charge in [-0.2, -0.15) is 8.42 Å². The fourth-order valence-electron chi connectivity index (χ4n) is 4.81. The number of fused-ring (bicyclic) bond motifs is 2. The van der Waals surface area contributed by atoms with Crippen molar-refractivity contribution in [3.8, 4) is 11.5 Å². The van der Waals surface area contributed by atoms with E-state index in [4.69, 9.17) is 18.4 Å². The predicted molar refractivity (Wildman–Crippen MR) is 160 cm³/mol. The molecule has 4 rings (SSSR count). The normalized spacial score (nSPS) is 17.2. The lowest BCUT2D eigenvalue weighted by atomic mass is 10.0. The average Bonchev–Trinajstić information content (AvgIpc) is 3.34. The van der Waals surface area contributed by atoms with Crippen LogP contribution in [-0.4, -0.2) is 86.2 Å². The molecule has 10 nitrogen and oxygen atoms in total. The molecule has 0 fully saturated rings. The van der Waals surface area contributed by atoms with Gasteiger partial charge in [0.2, 0.25) is 0 Å². The summed E-state index contributed by atoms with van der Waals surface area (Å²) in [5.41, 5.74) is 3.08. The lowest BCUT2D eigenvalue weighted by Gasteiger charge is -2.26. The number of nitrogens with zero attached hydrogens (tertiary/aromatic N) is 2. The summed E-state index contributed by atoms with van der Waals surface area (Å²) in [6, 6.07) is 10.9. The third-order valence-corrected chi connectivity index (χ3v) is 9.38. The third kappa shape index (κ3) is 7.37. The van der Waals surface area contributed by atoms with Crippen molar-refractivity contribution in [1.82, 2.24) is 4.90 Å². The number of carbonyl (C=O) groups is 2. The first-order chi connectivity index (χ1) is 19.3. The summed E-state index contributed by atoms with van der Waals surface area (Å²) in [6.07, 6.45) is 3.02. The first-order valence-electron chi connectivity index (χ1n) is 13.4. The standard InChI is InChI=1S/C29H38N2O8SSi/c1-36-23-9-7-20(8-10-23)22-16-26-29(33)31(19-38-13-14-41(4,5)6)25-15-21(11-12-39-40(3,34)35)27(37-2)17-24(25)28(32)30(26)18-22/h7-10,15-17,26H,11-14,18-19H2,1-6H3. The molecule has 0 spiro atoms. The van der Waals surface area contributed by atoms with Crippen molar-refractivity contribution in [1.29, 1.82) is 0 Å². The van der Waals surface area contributed by atoms with Crippen molar-refractivity contribution >= 4 is 41.3 Å². The largest absolute Gasteiger partial charge is 0.497 e. The number of methoxy groups -OCH3 is 2. The summed E-state index contributed by atoms with van der Waals surface area (Å²) in [5, 5.41) is 0. The molecule has 1 atom stereocenters. The van der Waals surface area contributed by atoms with Crippen LogP contribution in [0, 0.1) is 0 Å². The van der Waals surface area contributed by atoms with E-state index in [0.29, 0.717) is 29.2 Å². The second-order valence-electron chi connectivity index (χ2n) is 11.4. The monoisotopic (exact) mass is 602 g/mol. The summed E-state index contributed by atoms with van der Waals surface area (Å²) in [6.45, 7) is 7.38. The van der Waals surface area contributed by atoms with Crippen LogP contribution in [0.5, 0.6) is 11.5 Å². The Balaban J connectivity index is 1.71. The van der Waals surface area contributed by atoms with Gasteiger partial charge in [0.15, 0.2) is 0 Å². The van der Waals surface area contributed by atoms with Crippen molar-refractivity contribution in [2.24, 2.45) is 0 Å². The number of carbonyl (C=O) groups excluding carboxylic acids is 2. The van der Waals surface area contributed by atoms with Crippen molar-refractivity contribution in [3.05, 3.63) is 59.2 Å². The number of benzene rings is 2. The van der Waals surface area contributed by atoms with Gasteiger partial charge in [-0.25, -0.2) is 0 Å². The van der Waals surface area contributed by atoms with Crippen molar-refractivity contribution in [3.63, 3.8) is 0 Å². The van der Waals surface area contributed by atoms with E-state index in [1.165, 1.54) is 12.0 Å². The molecule has 0 aromatic heterocycles. The highest BCUT2D eigenvalue weighted by Crippen LogP contribution is 2.38. The van der Waals surface area contributed by atoms with E-state index in [0.717, 1.165) is 29.2 Å². The van der Waals surface area contributed by atoms with Gasteiger partial charge >= 0.3 is 0 Å². The maximum Gasteiger partial charge on any atom is 0.264 e. The molecule has 1 unspecified atom stereocenters. The fraction of sp³-hybridized carbons (Fsp3) is 0.448. The second kappa shape index (κ2) is 12.4. The lowest BCUT2D eigenvalue weighted by molar-refractivity contribution is -0.122. The Labute approximate surface area is 243 Å². The van der Waals surface area contributed by atoms with E-state index < -0.39 is 24.2 Å². The molecular formula is C29H38N2O8SSi. The molecule has 0 bridgehead atoms. The zero-order chi connectivity index (χ0) is 29.9. The van der Waals surface area contributed by atoms with Crippen LogP contribution in [0.4, 0.5) is 5.69 Å². The zero-order valence-corrected chi connectivity index (χ0v) is 26.2. The van der Waals surface area contributed by atoms with Gasteiger partial charge in [-0.05, 0) is 53.1 Å². The highest BCUT2D eigenvalue weighted by Gasteiger charge is 2.42. The molecular weight excluding hydrogens is 564 g/mol. The summed E-state index contributed by atoms with van der Waals surface area (Å²) in [4.78, 5) is 31.1. The molecule has 0 N–H and O–H groups in total. The van der Waals surface area contributed by atoms with Gasteiger partial charge in [0.05, 0.1) is 38.3 Å². The lowest BCUT2D eigenvalue weighted by Crippen LogP contribution is -2.45. The van der Waals surface area contributed by atoms with Crippen molar-refractivity contribution < 1.29 is 36.4 Å². The summed E-state index contributed by atoms with van der Waals surface area (Å²) >= 11 is 0.